The van der Waals surface area contributed by atoms with Crippen LogP contribution in [0.4, 0.5) is 4.39 Å². The zero-order chi connectivity index (χ0) is 26.1. The molecule has 0 radical (unpaired) electrons. The van der Waals surface area contributed by atoms with Gasteiger partial charge in [-0.05, 0) is 61.9 Å². The van der Waals surface area contributed by atoms with Gasteiger partial charge in [0.1, 0.15) is 11.6 Å². The molecule has 0 aliphatic carbocycles. The molecule has 1 atom stereocenters. The molecule has 37 heavy (non-hydrogen) atoms. The van der Waals surface area contributed by atoms with Gasteiger partial charge in [-0.2, -0.15) is 0 Å². The van der Waals surface area contributed by atoms with E-state index in [4.69, 9.17) is 14.2 Å². The van der Waals surface area contributed by atoms with E-state index in [2.05, 4.69) is 40.4 Å². The number of fused-ring (bicyclic) bond motifs is 1. The summed E-state index contributed by atoms with van der Waals surface area (Å²) in [4.78, 5) is 19.8. The van der Waals surface area contributed by atoms with Crippen molar-refractivity contribution in [3.63, 3.8) is 0 Å². The van der Waals surface area contributed by atoms with Gasteiger partial charge in [0.25, 0.3) is 0 Å². The Morgan fingerprint density at radius 3 is 2.65 bits per heavy atom. The Morgan fingerprint density at radius 1 is 1.19 bits per heavy atom. The van der Waals surface area contributed by atoms with E-state index in [1.54, 1.807) is 13.0 Å². The van der Waals surface area contributed by atoms with Crippen molar-refractivity contribution in [3.05, 3.63) is 59.4 Å². The molecule has 3 aromatic rings. The van der Waals surface area contributed by atoms with Gasteiger partial charge in [0.05, 0.1) is 37.1 Å². The van der Waals surface area contributed by atoms with Crippen LogP contribution in [-0.2, 0) is 14.2 Å². The highest BCUT2D eigenvalue weighted by atomic mass is 19.1. The van der Waals surface area contributed by atoms with Crippen LogP contribution in [0.5, 0.6) is 0 Å². The molecule has 0 spiro atoms. The minimum Gasteiger partial charge on any atom is -0.462 e. The molecule has 2 aromatic heterocycles. The minimum absolute atomic E-state index is 0.0724. The number of benzene rings is 1. The van der Waals surface area contributed by atoms with Crippen LogP contribution in [0.3, 0.4) is 0 Å². The molecule has 0 N–H and O–H groups in total. The van der Waals surface area contributed by atoms with Crippen molar-refractivity contribution in [1.82, 2.24) is 14.3 Å². The quantitative estimate of drug-likeness (QED) is 0.370. The highest BCUT2D eigenvalue weighted by molar-refractivity contribution is 5.99. The molecule has 5 rings (SSSR count). The number of carbonyl (C=O) groups excluding carboxylic acids is 1. The van der Waals surface area contributed by atoms with Crippen molar-refractivity contribution in [2.45, 2.75) is 58.8 Å². The molecule has 7 nitrogen and oxygen atoms in total. The Labute approximate surface area is 217 Å². The minimum atomic E-state index is -0.526. The normalized spacial score (nSPS) is 18.0. The predicted octanol–water partition coefficient (Wildman–Crippen LogP) is 5.20. The summed E-state index contributed by atoms with van der Waals surface area (Å²) in [5.41, 5.74) is 3.80. The van der Waals surface area contributed by atoms with Crippen molar-refractivity contribution in [1.29, 1.82) is 0 Å². The topological polar surface area (TPSA) is 65.3 Å². The summed E-state index contributed by atoms with van der Waals surface area (Å²) < 4.78 is 32.8. The van der Waals surface area contributed by atoms with Gasteiger partial charge in [-0.1, -0.05) is 19.9 Å². The van der Waals surface area contributed by atoms with E-state index in [0.717, 1.165) is 42.8 Å². The van der Waals surface area contributed by atoms with E-state index in [1.807, 2.05) is 13.1 Å². The van der Waals surface area contributed by atoms with E-state index < -0.39 is 11.8 Å². The molecule has 8 heteroatoms. The van der Waals surface area contributed by atoms with Crippen molar-refractivity contribution in [2.75, 3.05) is 32.9 Å². The number of carbonyl (C=O) groups is 1. The SMILES string of the molecule is CCOC(=O)c1cc(F)ccc1-c1cc(C2CN(C(CCC3OCCO3)C(C)C)C2)cn2c(C)ncc12. The van der Waals surface area contributed by atoms with E-state index in [1.165, 1.54) is 17.7 Å². The first-order chi connectivity index (χ1) is 17.9. The first-order valence-electron chi connectivity index (χ1n) is 13.3. The zero-order valence-corrected chi connectivity index (χ0v) is 22.1. The van der Waals surface area contributed by atoms with Crippen LogP contribution in [0.2, 0.25) is 0 Å². The van der Waals surface area contributed by atoms with Crippen LogP contribution in [0.15, 0.2) is 36.7 Å². The summed E-state index contributed by atoms with van der Waals surface area (Å²) in [6.45, 7) is 11.8. The summed E-state index contributed by atoms with van der Waals surface area (Å²) in [5, 5.41) is 0. The van der Waals surface area contributed by atoms with Gasteiger partial charge < -0.3 is 18.6 Å². The van der Waals surface area contributed by atoms with Gasteiger partial charge in [0.15, 0.2) is 6.29 Å². The van der Waals surface area contributed by atoms with E-state index in [-0.39, 0.29) is 18.5 Å². The summed E-state index contributed by atoms with van der Waals surface area (Å²) >= 11 is 0. The largest absolute Gasteiger partial charge is 0.462 e. The lowest BCUT2D eigenvalue weighted by atomic mass is 9.85. The fourth-order valence-corrected chi connectivity index (χ4v) is 5.62. The van der Waals surface area contributed by atoms with E-state index >= 15 is 0 Å². The third kappa shape index (κ3) is 5.28. The predicted molar refractivity (Wildman–Crippen MR) is 139 cm³/mol. The molecule has 2 saturated heterocycles. The van der Waals surface area contributed by atoms with E-state index in [9.17, 15) is 9.18 Å². The second kappa shape index (κ2) is 10.9. The van der Waals surface area contributed by atoms with Crippen LogP contribution < -0.4 is 0 Å². The standard InChI is InChI=1S/C29H36FN3O4/c1-5-35-29(34)25-13-22(30)6-7-23(25)24-12-20(17-33-19(4)31-14-27(24)33)21-15-32(16-21)26(18(2)3)8-9-28-36-10-11-37-28/h6-7,12-14,17-18,21,26,28H,5,8-11,15-16H2,1-4H3. The molecule has 2 fully saturated rings. The number of aryl methyl sites for hydroxylation is 1. The highest BCUT2D eigenvalue weighted by Crippen LogP contribution is 2.37. The van der Waals surface area contributed by atoms with Gasteiger partial charge >= 0.3 is 5.97 Å². The first-order valence-corrected chi connectivity index (χ1v) is 13.3. The average molecular weight is 510 g/mol. The third-order valence-electron chi connectivity index (χ3n) is 7.62. The zero-order valence-electron chi connectivity index (χ0n) is 22.1. The Morgan fingerprint density at radius 2 is 1.95 bits per heavy atom. The fourth-order valence-electron chi connectivity index (χ4n) is 5.62. The molecule has 198 valence electrons. The monoisotopic (exact) mass is 509 g/mol. The smallest absolute Gasteiger partial charge is 0.338 e. The number of rotatable bonds is 9. The number of likely N-dealkylation sites (tertiary alicyclic amines) is 1. The number of esters is 1. The second-order valence-corrected chi connectivity index (χ2v) is 10.4. The Bertz CT molecular complexity index is 1260. The number of aromatic nitrogens is 2. The summed E-state index contributed by atoms with van der Waals surface area (Å²) in [6.07, 6.45) is 5.84. The van der Waals surface area contributed by atoms with Crippen molar-refractivity contribution in [3.8, 4) is 11.1 Å². The number of imidazole rings is 1. The molecule has 2 aliphatic heterocycles. The van der Waals surface area contributed by atoms with Crippen LogP contribution in [0.25, 0.3) is 16.6 Å². The van der Waals surface area contributed by atoms with Gasteiger partial charge in [-0.25, -0.2) is 14.2 Å². The number of ether oxygens (including phenoxy) is 3. The molecular weight excluding hydrogens is 473 g/mol. The van der Waals surface area contributed by atoms with Crippen molar-refractivity contribution < 1.29 is 23.4 Å². The van der Waals surface area contributed by atoms with Gasteiger partial charge in [0.2, 0.25) is 0 Å². The number of pyridine rings is 1. The number of halogens is 1. The summed E-state index contributed by atoms with van der Waals surface area (Å²) in [5.74, 6) is 0.762. The molecule has 0 amide bonds. The molecule has 1 aromatic carbocycles. The molecule has 0 saturated carbocycles. The first kappa shape index (κ1) is 25.8. The van der Waals surface area contributed by atoms with Crippen LogP contribution in [0, 0.1) is 18.7 Å². The lowest BCUT2D eigenvalue weighted by Crippen LogP contribution is -2.52. The van der Waals surface area contributed by atoms with Gasteiger partial charge in [0, 0.05) is 36.8 Å². The second-order valence-electron chi connectivity index (χ2n) is 10.4. The Hall–Kier alpha value is -2.81. The molecule has 2 aliphatic rings. The maximum Gasteiger partial charge on any atom is 0.338 e. The van der Waals surface area contributed by atoms with Crippen LogP contribution in [0.1, 0.15) is 61.3 Å². The number of hydrogen-bond acceptors (Lipinski definition) is 6. The maximum absolute atomic E-state index is 14.2. The van der Waals surface area contributed by atoms with Gasteiger partial charge in [-0.15, -0.1) is 0 Å². The van der Waals surface area contributed by atoms with Crippen LogP contribution in [-0.4, -0.2) is 65.5 Å². The van der Waals surface area contributed by atoms with Crippen molar-refractivity contribution in [2.24, 2.45) is 5.92 Å². The molecule has 0 bridgehead atoms. The van der Waals surface area contributed by atoms with Gasteiger partial charge in [-0.3, -0.25) is 4.90 Å². The summed E-state index contributed by atoms with van der Waals surface area (Å²) in [6, 6.07) is 6.92. The fraction of sp³-hybridized carbons (Fsp3) is 0.517. The molecule has 4 heterocycles. The lowest BCUT2D eigenvalue weighted by molar-refractivity contribution is -0.0564. The number of nitrogens with zero attached hydrogens (tertiary/aromatic N) is 3. The van der Waals surface area contributed by atoms with Crippen LogP contribution >= 0.6 is 0 Å². The molecular formula is C29H36FN3O4. The Kier molecular flexibility index (Phi) is 7.60. The molecule has 1 unspecified atom stereocenters. The highest BCUT2D eigenvalue weighted by Gasteiger charge is 2.36. The van der Waals surface area contributed by atoms with E-state index in [0.29, 0.717) is 36.7 Å². The summed E-state index contributed by atoms with van der Waals surface area (Å²) in [7, 11) is 0. The Balaban J connectivity index is 1.42. The number of hydrogen-bond donors (Lipinski definition) is 0. The lowest BCUT2D eigenvalue weighted by Gasteiger charge is -2.46. The third-order valence-corrected chi connectivity index (χ3v) is 7.62. The maximum atomic E-state index is 14.2. The average Bonchev–Trinajstić information content (AvgIpc) is 3.50. The van der Waals surface area contributed by atoms with Crippen molar-refractivity contribution >= 4 is 11.5 Å².